The van der Waals surface area contributed by atoms with Crippen molar-refractivity contribution in [2.24, 2.45) is 11.7 Å². The Morgan fingerprint density at radius 3 is 2.94 bits per heavy atom. The van der Waals surface area contributed by atoms with Crippen LogP contribution in [-0.2, 0) is 6.54 Å². The fraction of sp³-hybridized carbons (Fsp3) is 0.538. The minimum atomic E-state index is -0.164. The van der Waals surface area contributed by atoms with E-state index in [4.69, 9.17) is 5.73 Å². The van der Waals surface area contributed by atoms with Gasteiger partial charge >= 0.3 is 0 Å². The molecule has 1 aliphatic heterocycles. The lowest BCUT2D eigenvalue weighted by atomic mass is 9.95. The number of nitrogens with zero attached hydrogens (tertiary/aromatic N) is 1. The van der Waals surface area contributed by atoms with Gasteiger partial charge in [0.2, 0.25) is 0 Å². The molecule has 94 valence electrons. The molecule has 2 atom stereocenters. The van der Waals surface area contributed by atoms with Gasteiger partial charge in [-0.15, -0.1) is 0 Å². The van der Waals surface area contributed by atoms with Crippen molar-refractivity contribution in [1.29, 1.82) is 0 Å². The van der Waals surface area contributed by atoms with Crippen molar-refractivity contribution < 1.29 is 5.11 Å². The second kappa shape index (κ2) is 5.38. The summed E-state index contributed by atoms with van der Waals surface area (Å²) in [4.78, 5) is 2.33. The highest BCUT2D eigenvalue weighted by Crippen LogP contribution is 2.28. The minimum absolute atomic E-state index is 0.164. The summed E-state index contributed by atoms with van der Waals surface area (Å²) in [6, 6.07) is 6.23. The summed E-state index contributed by atoms with van der Waals surface area (Å²) in [6.45, 7) is 4.44. The summed E-state index contributed by atoms with van der Waals surface area (Å²) in [5, 5.41) is 9.75. The lowest BCUT2D eigenvalue weighted by molar-refractivity contribution is 0.0970. The molecule has 0 aliphatic carbocycles. The molecule has 1 fully saturated rings. The fourth-order valence-corrected chi connectivity index (χ4v) is 2.79. The van der Waals surface area contributed by atoms with Crippen LogP contribution in [0, 0.1) is 5.92 Å². The highest BCUT2D eigenvalue weighted by molar-refractivity contribution is 9.10. The SMILES string of the molecule is CC1CN(c2ccc(Br)cc2CN)CCC1O. The smallest absolute Gasteiger partial charge is 0.0599 e. The lowest BCUT2D eigenvalue weighted by Crippen LogP contribution is -2.42. The highest BCUT2D eigenvalue weighted by Gasteiger charge is 2.25. The molecule has 0 saturated carbocycles. The van der Waals surface area contributed by atoms with Gasteiger partial charge in [0.1, 0.15) is 0 Å². The van der Waals surface area contributed by atoms with E-state index in [1.54, 1.807) is 0 Å². The molecule has 0 aromatic heterocycles. The molecule has 4 heteroatoms. The molecule has 3 N–H and O–H groups in total. The molecule has 1 aliphatic rings. The van der Waals surface area contributed by atoms with E-state index in [2.05, 4.69) is 39.9 Å². The van der Waals surface area contributed by atoms with Crippen LogP contribution in [0.4, 0.5) is 5.69 Å². The van der Waals surface area contributed by atoms with Gasteiger partial charge < -0.3 is 15.7 Å². The van der Waals surface area contributed by atoms with Gasteiger partial charge in [0.05, 0.1) is 6.10 Å². The lowest BCUT2D eigenvalue weighted by Gasteiger charge is -2.37. The van der Waals surface area contributed by atoms with Crippen molar-refractivity contribution in [2.75, 3.05) is 18.0 Å². The molecule has 0 spiro atoms. The topological polar surface area (TPSA) is 49.5 Å². The third-order valence-electron chi connectivity index (χ3n) is 3.46. The Morgan fingerprint density at radius 2 is 2.29 bits per heavy atom. The van der Waals surface area contributed by atoms with Crippen LogP contribution in [0.3, 0.4) is 0 Å². The standard InChI is InChI=1S/C13H19BrN2O/c1-9-8-16(5-4-13(9)17)12-3-2-11(14)6-10(12)7-15/h2-3,6,9,13,17H,4-5,7-8,15H2,1H3. The van der Waals surface area contributed by atoms with Crippen LogP contribution >= 0.6 is 15.9 Å². The fourth-order valence-electron chi connectivity index (χ4n) is 2.38. The largest absolute Gasteiger partial charge is 0.393 e. The Bertz CT molecular complexity index is 397. The molecule has 3 nitrogen and oxygen atoms in total. The zero-order valence-electron chi connectivity index (χ0n) is 10.1. The minimum Gasteiger partial charge on any atom is -0.393 e. The normalized spacial score (nSPS) is 25.1. The second-order valence-corrected chi connectivity index (χ2v) is 5.67. The quantitative estimate of drug-likeness (QED) is 0.879. The summed E-state index contributed by atoms with van der Waals surface area (Å²) in [5.74, 6) is 0.318. The number of nitrogens with two attached hydrogens (primary N) is 1. The third kappa shape index (κ3) is 2.81. The molecule has 1 aromatic carbocycles. The Kier molecular flexibility index (Phi) is 4.07. The van der Waals surface area contributed by atoms with Crippen molar-refractivity contribution in [1.82, 2.24) is 0 Å². The van der Waals surface area contributed by atoms with Crippen molar-refractivity contribution >= 4 is 21.6 Å². The van der Waals surface area contributed by atoms with Gasteiger partial charge in [0, 0.05) is 29.8 Å². The van der Waals surface area contributed by atoms with Crippen LogP contribution in [0.15, 0.2) is 22.7 Å². The van der Waals surface area contributed by atoms with E-state index in [-0.39, 0.29) is 6.10 Å². The Balaban J connectivity index is 2.22. The van der Waals surface area contributed by atoms with E-state index in [1.165, 1.54) is 5.69 Å². The van der Waals surface area contributed by atoms with Crippen molar-refractivity contribution in [2.45, 2.75) is 26.0 Å². The molecule has 1 heterocycles. The molecule has 0 amide bonds. The van der Waals surface area contributed by atoms with Crippen molar-refractivity contribution in [3.05, 3.63) is 28.2 Å². The number of anilines is 1. The number of benzene rings is 1. The van der Waals surface area contributed by atoms with Crippen LogP contribution in [0.25, 0.3) is 0 Å². The van der Waals surface area contributed by atoms with E-state index in [1.807, 2.05) is 6.07 Å². The molecular formula is C13H19BrN2O. The number of halogens is 1. The molecule has 1 saturated heterocycles. The van der Waals surface area contributed by atoms with Crippen LogP contribution < -0.4 is 10.6 Å². The Labute approximate surface area is 111 Å². The predicted molar refractivity (Wildman–Crippen MR) is 74.0 cm³/mol. The molecular weight excluding hydrogens is 280 g/mol. The monoisotopic (exact) mass is 298 g/mol. The number of aliphatic hydroxyl groups is 1. The average molecular weight is 299 g/mol. The summed E-state index contributed by atoms with van der Waals surface area (Å²) in [7, 11) is 0. The predicted octanol–water partition coefficient (Wildman–Crippen LogP) is 2.11. The van der Waals surface area contributed by atoms with E-state index in [0.29, 0.717) is 12.5 Å². The average Bonchev–Trinajstić information content (AvgIpc) is 2.32. The van der Waals surface area contributed by atoms with Gasteiger partial charge in [-0.3, -0.25) is 0 Å². The Morgan fingerprint density at radius 1 is 1.53 bits per heavy atom. The number of aliphatic hydroxyl groups excluding tert-OH is 1. The van der Waals surface area contributed by atoms with Gasteiger partial charge in [0.25, 0.3) is 0 Å². The maximum absolute atomic E-state index is 9.75. The van der Waals surface area contributed by atoms with E-state index >= 15 is 0 Å². The number of hydrogen-bond donors (Lipinski definition) is 2. The first kappa shape index (κ1) is 12.9. The molecule has 17 heavy (non-hydrogen) atoms. The van der Waals surface area contributed by atoms with Crippen LogP contribution in [0.2, 0.25) is 0 Å². The zero-order valence-corrected chi connectivity index (χ0v) is 11.7. The van der Waals surface area contributed by atoms with Gasteiger partial charge in [0.15, 0.2) is 0 Å². The van der Waals surface area contributed by atoms with E-state index < -0.39 is 0 Å². The number of piperidine rings is 1. The van der Waals surface area contributed by atoms with Crippen LogP contribution in [0.1, 0.15) is 18.9 Å². The molecule has 0 radical (unpaired) electrons. The van der Waals surface area contributed by atoms with Crippen molar-refractivity contribution in [3.8, 4) is 0 Å². The Hall–Kier alpha value is -0.580. The summed E-state index contributed by atoms with van der Waals surface area (Å²) in [5.41, 5.74) is 8.15. The first-order valence-electron chi connectivity index (χ1n) is 6.03. The van der Waals surface area contributed by atoms with Crippen LogP contribution in [-0.4, -0.2) is 24.3 Å². The highest BCUT2D eigenvalue weighted by atomic mass is 79.9. The second-order valence-electron chi connectivity index (χ2n) is 4.76. The first-order valence-corrected chi connectivity index (χ1v) is 6.82. The first-order chi connectivity index (χ1) is 8.11. The van der Waals surface area contributed by atoms with Crippen LogP contribution in [0.5, 0.6) is 0 Å². The van der Waals surface area contributed by atoms with E-state index in [9.17, 15) is 5.11 Å². The van der Waals surface area contributed by atoms with E-state index in [0.717, 1.165) is 29.5 Å². The maximum Gasteiger partial charge on any atom is 0.0599 e. The zero-order chi connectivity index (χ0) is 12.4. The van der Waals surface area contributed by atoms with Gasteiger partial charge in [-0.05, 0) is 36.1 Å². The third-order valence-corrected chi connectivity index (χ3v) is 3.96. The molecule has 1 aromatic rings. The van der Waals surface area contributed by atoms with Gasteiger partial charge in [-0.1, -0.05) is 22.9 Å². The summed E-state index contributed by atoms with van der Waals surface area (Å²) < 4.78 is 1.06. The maximum atomic E-state index is 9.75. The van der Waals surface area contributed by atoms with Gasteiger partial charge in [-0.2, -0.15) is 0 Å². The van der Waals surface area contributed by atoms with Crippen molar-refractivity contribution in [3.63, 3.8) is 0 Å². The van der Waals surface area contributed by atoms with Gasteiger partial charge in [-0.25, -0.2) is 0 Å². The molecule has 2 rings (SSSR count). The molecule has 2 unspecified atom stereocenters. The number of hydrogen-bond acceptors (Lipinski definition) is 3. The molecule has 0 bridgehead atoms. The number of rotatable bonds is 2. The summed E-state index contributed by atoms with van der Waals surface area (Å²) in [6.07, 6.45) is 0.671. The summed E-state index contributed by atoms with van der Waals surface area (Å²) >= 11 is 3.47.